The largest absolute Gasteiger partial charge is 0.227 e. The summed E-state index contributed by atoms with van der Waals surface area (Å²) in [4.78, 5) is 0. The number of alkyl halides is 1. The molecule has 0 aliphatic carbocycles. The maximum atomic E-state index is 14.1. The van der Waals surface area contributed by atoms with Crippen molar-refractivity contribution in [3.05, 3.63) is 59.8 Å². The van der Waals surface area contributed by atoms with Crippen LogP contribution in [0.4, 0.5) is 8.78 Å². The predicted molar refractivity (Wildman–Crippen MR) is 73.6 cm³/mol. The maximum Gasteiger partial charge on any atom is 0.152 e. The monoisotopic (exact) mass is 322 g/mol. The van der Waals surface area contributed by atoms with Crippen molar-refractivity contribution in [3.63, 3.8) is 0 Å². The molecule has 0 amide bonds. The molecule has 0 bridgehead atoms. The molecule has 0 saturated heterocycles. The van der Waals surface area contributed by atoms with Gasteiger partial charge in [0.25, 0.3) is 0 Å². The number of rotatable bonds is 2. The zero-order chi connectivity index (χ0) is 13.4. The predicted octanol–water partition coefficient (Wildman–Crippen LogP) is 4.20. The third-order valence-electron chi connectivity index (χ3n) is 2.92. The van der Waals surface area contributed by atoms with E-state index in [4.69, 9.17) is 0 Å². The third-order valence-corrected chi connectivity index (χ3v) is 3.57. The van der Waals surface area contributed by atoms with Crippen LogP contribution in [0.1, 0.15) is 5.56 Å². The fourth-order valence-corrected chi connectivity index (χ4v) is 2.37. The third kappa shape index (κ3) is 2.04. The van der Waals surface area contributed by atoms with E-state index in [0.29, 0.717) is 16.4 Å². The van der Waals surface area contributed by atoms with Crippen molar-refractivity contribution in [2.24, 2.45) is 0 Å². The molecule has 2 aromatic carbocycles. The number of hydrogen-bond donors (Lipinski definition) is 0. The number of para-hydroxylation sites is 1. The van der Waals surface area contributed by atoms with E-state index in [1.54, 1.807) is 12.3 Å². The van der Waals surface area contributed by atoms with Crippen LogP contribution in [-0.2, 0) is 5.33 Å². The fraction of sp³-hybridized carbons (Fsp3) is 0.0714. The Labute approximate surface area is 116 Å². The van der Waals surface area contributed by atoms with Gasteiger partial charge in [-0.2, -0.15) is 5.10 Å². The minimum absolute atomic E-state index is 0.147. The molecule has 0 N–H and O–H groups in total. The molecule has 0 atom stereocenters. The molecule has 0 unspecified atom stereocenters. The first-order chi connectivity index (χ1) is 9.20. The molecular formula is C14H9BrF2N2. The van der Waals surface area contributed by atoms with E-state index < -0.39 is 11.6 Å². The van der Waals surface area contributed by atoms with E-state index in [-0.39, 0.29) is 5.69 Å². The molecule has 1 aromatic heterocycles. The summed E-state index contributed by atoms with van der Waals surface area (Å²) in [6.07, 6.45) is 1.59. The molecule has 19 heavy (non-hydrogen) atoms. The molecule has 0 spiro atoms. The Morgan fingerprint density at radius 3 is 2.47 bits per heavy atom. The van der Waals surface area contributed by atoms with Crippen LogP contribution in [0.2, 0.25) is 0 Å². The van der Waals surface area contributed by atoms with E-state index in [2.05, 4.69) is 21.0 Å². The topological polar surface area (TPSA) is 17.8 Å². The molecule has 0 fully saturated rings. The molecule has 3 aromatic rings. The van der Waals surface area contributed by atoms with Crippen LogP contribution < -0.4 is 0 Å². The van der Waals surface area contributed by atoms with Gasteiger partial charge < -0.3 is 0 Å². The fourth-order valence-electron chi connectivity index (χ4n) is 2.05. The van der Waals surface area contributed by atoms with Crippen molar-refractivity contribution >= 4 is 26.8 Å². The maximum absolute atomic E-state index is 14.1. The Kier molecular flexibility index (Phi) is 3.06. The molecule has 0 saturated carbocycles. The Bertz CT molecular complexity index is 729. The molecule has 0 aliphatic rings. The van der Waals surface area contributed by atoms with Crippen molar-refractivity contribution in [3.8, 4) is 5.69 Å². The Morgan fingerprint density at radius 1 is 1.11 bits per heavy atom. The lowest BCUT2D eigenvalue weighted by Crippen LogP contribution is -2.04. The normalized spacial score (nSPS) is 11.1. The minimum Gasteiger partial charge on any atom is -0.227 e. The highest BCUT2D eigenvalue weighted by Crippen LogP contribution is 2.24. The van der Waals surface area contributed by atoms with Crippen LogP contribution in [0, 0.1) is 11.6 Å². The van der Waals surface area contributed by atoms with Crippen molar-refractivity contribution in [1.29, 1.82) is 0 Å². The lowest BCUT2D eigenvalue weighted by molar-refractivity contribution is 0.561. The quantitative estimate of drug-likeness (QED) is 0.646. The molecule has 3 rings (SSSR count). The van der Waals surface area contributed by atoms with Gasteiger partial charge >= 0.3 is 0 Å². The first-order valence-corrected chi connectivity index (χ1v) is 6.80. The van der Waals surface area contributed by atoms with Gasteiger partial charge in [0.1, 0.15) is 5.69 Å². The summed E-state index contributed by atoms with van der Waals surface area (Å²) >= 11 is 3.18. The van der Waals surface area contributed by atoms with Crippen molar-refractivity contribution in [1.82, 2.24) is 9.78 Å². The number of halogens is 3. The van der Waals surface area contributed by atoms with Gasteiger partial charge in [-0.1, -0.05) is 34.1 Å². The molecule has 2 nitrogen and oxygen atoms in total. The molecule has 96 valence electrons. The van der Waals surface area contributed by atoms with E-state index in [1.165, 1.54) is 16.8 Å². The van der Waals surface area contributed by atoms with E-state index in [0.717, 1.165) is 5.39 Å². The van der Waals surface area contributed by atoms with Gasteiger partial charge in [-0.3, -0.25) is 0 Å². The van der Waals surface area contributed by atoms with Crippen molar-refractivity contribution in [2.45, 2.75) is 5.33 Å². The second-order valence-electron chi connectivity index (χ2n) is 4.16. The van der Waals surface area contributed by atoms with Crippen LogP contribution in [0.15, 0.2) is 42.6 Å². The zero-order valence-corrected chi connectivity index (χ0v) is 11.4. The lowest BCUT2D eigenvalue weighted by Gasteiger charge is -2.08. The van der Waals surface area contributed by atoms with Crippen LogP contribution in [-0.4, -0.2) is 9.78 Å². The Hall–Kier alpha value is -1.75. The average molecular weight is 323 g/mol. The summed E-state index contributed by atoms with van der Waals surface area (Å²) < 4.78 is 29.4. The summed E-state index contributed by atoms with van der Waals surface area (Å²) in [5.74, 6) is -1.24. The van der Waals surface area contributed by atoms with E-state index in [1.807, 2.05) is 18.2 Å². The van der Waals surface area contributed by atoms with E-state index in [9.17, 15) is 8.78 Å². The smallest absolute Gasteiger partial charge is 0.152 e. The highest BCUT2D eigenvalue weighted by molar-refractivity contribution is 9.08. The van der Waals surface area contributed by atoms with Gasteiger partial charge in [0.05, 0.1) is 11.7 Å². The summed E-state index contributed by atoms with van der Waals surface area (Å²) in [6.45, 7) is 0. The summed E-state index contributed by atoms with van der Waals surface area (Å²) in [5.41, 5.74) is 1.08. The van der Waals surface area contributed by atoms with Crippen LogP contribution in [0.5, 0.6) is 0 Å². The van der Waals surface area contributed by atoms with Gasteiger partial charge in [-0.25, -0.2) is 13.5 Å². The average Bonchev–Trinajstić information content (AvgIpc) is 2.82. The van der Waals surface area contributed by atoms with Crippen molar-refractivity contribution < 1.29 is 8.78 Å². The Balaban J connectivity index is 2.27. The highest BCUT2D eigenvalue weighted by Gasteiger charge is 2.15. The van der Waals surface area contributed by atoms with Gasteiger partial charge in [0.2, 0.25) is 0 Å². The molecule has 1 heterocycles. The standard InChI is InChI=1S/C14H9BrF2N2/c15-7-9-5-11(16)14(12(17)6-9)19-13-4-2-1-3-10(13)8-18-19/h1-6,8H,7H2. The summed E-state index contributed by atoms with van der Waals surface area (Å²) in [7, 11) is 0. The SMILES string of the molecule is Fc1cc(CBr)cc(F)c1-n1ncc2ccccc21. The van der Waals surface area contributed by atoms with Gasteiger partial charge in [0, 0.05) is 10.7 Å². The second-order valence-corrected chi connectivity index (χ2v) is 4.72. The number of benzene rings is 2. The van der Waals surface area contributed by atoms with Gasteiger partial charge in [-0.05, 0) is 23.8 Å². The van der Waals surface area contributed by atoms with E-state index >= 15 is 0 Å². The van der Waals surface area contributed by atoms with Crippen LogP contribution in [0.3, 0.4) is 0 Å². The highest BCUT2D eigenvalue weighted by atomic mass is 79.9. The van der Waals surface area contributed by atoms with Crippen LogP contribution in [0.25, 0.3) is 16.6 Å². The first kappa shape index (κ1) is 12.3. The molecule has 5 heteroatoms. The summed E-state index contributed by atoms with van der Waals surface area (Å²) in [6, 6.07) is 9.91. The second kappa shape index (κ2) is 4.74. The molecule has 0 radical (unpaired) electrons. The van der Waals surface area contributed by atoms with Gasteiger partial charge in [-0.15, -0.1) is 0 Å². The molecular weight excluding hydrogens is 314 g/mol. The Morgan fingerprint density at radius 2 is 1.79 bits per heavy atom. The summed E-state index contributed by atoms with van der Waals surface area (Å²) in [5, 5.41) is 5.31. The first-order valence-electron chi connectivity index (χ1n) is 5.67. The molecule has 0 aliphatic heterocycles. The van der Waals surface area contributed by atoms with Gasteiger partial charge in [0.15, 0.2) is 11.6 Å². The number of hydrogen-bond acceptors (Lipinski definition) is 1. The lowest BCUT2D eigenvalue weighted by atomic mass is 10.2. The minimum atomic E-state index is -0.622. The van der Waals surface area contributed by atoms with Crippen LogP contribution >= 0.6 is 15.9 Å². The zero-order valence-electron chi connectivity index (χ0n) is 9.78. The number of fused-ring (bicyclic) bond motifs is 1. The van der Waals surface area contributed by atoms with Crippen molar-refractivity contribution in [2.75, 3.05) is 0 Å². The number of nitrogens with zero attached hydrogens (tertiary/aromatic N) is 2. The number of aromatic nitrogens is 2.